The lowest BCUT2D eigenvalue weighted by atomic mass is 9.91. The number of carbonyl (C=O) groups is 2. The van der Waals surface area contributed by atoms with Gasteiger partial charge in [-0.15, -0.1) is 0 Å². The van der Waals surface area contributed by atoms with Crippen LogP contribution in [0.3, 0.4) is 0 Å². The van der Waals surface area contributed by atoms with Crippen LogP contribution in [0.1, 0.15) is 56.1 Å². The van der Waals surface area contributed by atoms with Gasteiger partial charge in [0, 0.05) is 28.4 Å². The molecule has 144 valence electrons. The number of ether oxygens (including phenoxy) is 1. The van der Waals surface area contributed by atoms with E-state index in [9.17, 15) is 14.7 Å². The van der Waals surface area contributed by atoms with Crippen molar-refractivity contribution in [2.45, 2.75) is 40.2 Å². The molecule has 7 heteroatoms. The SMILES string of the molecule is C/C=N\N1C(C(=O)OC)=C(O)c2cccc(C(=O)NC(C)(C)C)c2/C1=C\C. The molecule has 0 saturated carbocycles. The number of nitrogens with zero attached hydrogens (tertiary/aromatic N) is 2. The van der Waals surface area contributed by atoms with Gasteiger partial charge in [0.05, 0.1) is 12.8 Å². The van der Waals surface area contributed by atoms with E-state index in [1.807, 2.05) is 20.8 Å². The van der Waals surface area contributed by atoms with Gasteiger partial charge in [0.1, 0.15) is 0 Å². The zero-order valence-electron chi connectivity index (χ0n) is 16.5. The zero-order valence-corrected chi connectivity index (χ0v) is 16.5. The predicted octanol–water partition coefficient (Wildman–Crippen LogP) is 3.30. The first-order valence-electron chi connectivity index (χ1n) is 8.59. The molecule has 1 heterocycles. The molecule has 2 N–H and O–H groups in total. The molecule has 0 aliphatic carbocycles. The van der Waals surface area contributed by atoms with Crippen molar-refractivity contribution in [3.63, 3.8) is 0 Å². The largest absolute Gasteiger partial charge is 0.505 e. The van der Waals surface area contributed by atoms with E-state index < -0.39 is 11.5 Å². The number of rotatable bonds is 3. The number of esters is 1. The number of carbonyl (C=O) groups excluding carboxylic acids is 2. The number of aliphatic hydroxyl groups is 1. The average Bonchev–Trinajstić information content (AvgIpc) is 2.60. The molecule has 0 spiro atoms. The highest BCUT2D eigenvalue weighted by atomic mass is 16.5. The van der Waals surface area contributed by atoms with Crippen LogP contribution in [0.5, 0.6) is 0 Å². The molecule has 1 aliphatic heterocycles. The Hall–Kier alpha value is -3.09. The molecule has 27 heavy (non-hydrogen) atoms. The average molecular weight is 371 g/mol. The van der Waals surface area contributed by atoms with E-state index in [2.05, 4.69) is 10.4 Å². The minimum Gasteiger partial charge on any atom is -0.505 e. The van der Waals surface area contributed by atoms with Crippen molar-refractivity contribution < 1.29 is 19.4 Å². The van der Waals surface area contributed by atoms with E-state index in [1.54, 1.807) is 38.1 Å². The number of amides is 1. The number of benzene rings is 1. The first kappa shape index (κ1) is 20.2. The second kappa shape index (κ2) is 7.65. The zero-order chi connectivity index (χ0) is 20.4. The van der Waals surface area contributed by atoms with E-state index in [0.29, 0.717) is 22.4 Å². The molecule has 0 fully saturated rings. The Morgan fingerprint density at radius 1 is 1.26 bits per heavy atom. The minimum absolute atomic E-state index is 0.107. The van der Waals surface area contributed by atoms with E-state index in [4.69, 9.17) is 4.74 Å². The maximum Gasteiger partial charge on any atom is 0.360 e. The Kier molecular flexibility index (Phi) is 5.73. The van der Waals surface area contributed by atoms with Crippen LogP contribution in [0.15, 0.2) is 35.1 Å². The second-order valence-electron chi connectivity index (χ2n) is 6.98. The Bertz CT molecular complexity index is 860. The molecular formula is C20H25N3O4. The fourth-order valence-electron chi connectivity index (χ4n) is 2.86. The maximum atomic E-state index is 12.9. The monoisotopic (exact) mass is 371 g/mol. The quantitative estimate of drug-likeness (QED) is 0.628. The molecule has 1 aliphatic rings. The summed E-state index contributed by atoms with van der Waals surface area (Å²) >= 11 is 0. The molecule has 0 bridgehead atoms. The van der Waals surface area contributed by atoms with Crippen LogP contribution in [0.4, 0.5) is 0 Å². The summed E-state index contributed by atoms with van der Waals surface area (Å²) in [7, 11) is 1.23. The third-order valence-corrected chi connectivity index (χ3v) is 3.86. The molecule has 1 aromatic rings. The van der Waals surface area contributed by atoms with E-state index in [1.165, 1.54) is 18.3 Å². The third-order valence-electron chi connectivity index (χ3n) is 3.86. The van der Waals surface area contributed by atoms with Crippen LogP contribution in [-0.2, 0) is 9.53 Å². The number of methoxy groups -OCH3 is 1. The lowest BCUT2D eigenvalue weighted by Crippen LogP contribution is -2.41. The van der Waals surface area contributed by atoms with Crippen molar-refractivity contribution >= 4 is 29.5 Å². The van der Waals surface area contributed by atoms with Crippen molar-refractivity contribution in [1.29, 1.82) is 0 Å². The van der Waals surface area contributed by atoms with Gasteiger partial charge in [-0.1, -0.05) is 18.2 Å². The molecule has 0 saturated heterocycles. The molecule has 0 unspecified atom stereocenters. The number of hydrazone groups is 1. The van der Waals surface area contributed by atoms with Crippen LogP contribution in [0, 0.1) is 0 Å². The number of hydrogen-bond acceptors (Lipinski definition) is 6. The molecule has 7 nitrogen and oxygen atoms in total. The summed E-state index contributed by atoms with van der Waals surface area (Å²) in [6.07, 6.45) is 3.22. The summed E-state index contributed by atoms with van der Waals surface area (Å²) in [4.78, 5) is 25.1. The van der Waals surface area contributed by atoms with Crippen LogP contribution < -0.4 is 5.32 Å². The summed E-state index contributed by atoms with van der Waals surface area (Å²) in [6.45, 7) is 9.12. The summed E-state index contributed by atoms with van der Waals surface area (Å²) < 4.78 is 4.81. The Morgan fingerprint density at radius 3 is 2.44 bits per heavy atom. The normalized spacial score (nSPS) is 15.9. The topological polar surface area (TPSA) is 91.2 Å². The Morgan fingerprint density at radius 2 is 1.93 bits per heavy atom. The first-order chi connectivity index (χ1) is 12.7. The van der Waals surface area contributed by atoms with E-state index >= 15 is 0 Å². The molecule has 1 aromatic carbocycles. The lowest BCUT2D eigenvalue weighted by molar-refractivity contribution is -0.137. The van der Waals surface area contributed by atoms with Crippen molar-refractivity contribution in [3.8, 4) is 0 Å². The molecule has 0 radical (unpaired) electrons. The van der Waals surface area contributed by atoms with Gasteiger partial charge in [-0.05, 0) is 40.7 Å². The number of aliphatic hydroxyl groups excluding tert-OH is 1. The van der Waals surface area contributed by atoms with Gasteiger partial charge in [-0.25, -0.2) is 9.80 Å². The van der Waals surface area contributed by atoms with Gasteiger partial charge in [0.25, 0.3) is 5.91 Å². The standard InChI is InChI=1S/C20H25N3O4/c1-7-14-15-12(10-9-11-13(15)18(25)22-20(3,4)5)17(24)16(19(26)27-6)23(14)21-8-2/h7-11,24H,1-6H3,(H,22,25)/b14-7+,21-8-. The van der Waals surface area contributed by atoms with Crippen molar-refractivity contribution in [1.82, 2.24) is 10.3 Å². The summed E-state index contributed by atoms with van der Waals surface area (Å²) in [5.41, 5.74) is 1.21. The number of allylic oxidation sites excluding steroid dienone is 1. The first-order valence-corrected chi connectivity index (χ1v) is 8.59. The third kappa shape index (κ3) is 3.86. The van der Waals surface area contributed by atoms with Gasteiger partial charge in [0.2, 0.25) is 0 Å². The molecule has 0 aromatic heterocycles. The minimum atomic E-state index is -0.729. The van der Waals surface area contributed by atoms with Gasteiger partial charge in [-0.3, -0.25) is 4.79 Å². The highest BCUT2D eigenvalue weighted by Gasteiger charge is 2.36. The van der Waals surface area contributed by atoms with Gasteiger partial charge in [0.15, 0.2) is 11.5 Å². The van der Waals surface area contributed by atoms with Gasteiger partial charge >= 0.3 is 5.97 Å². The van der Waals surface area contributed by atoms with Gasteiger partial charge in [-0.2, -0.15) is 5.10 Å². The number of nitrogens with one attached hydrogen (secondary N) is 1. The van der Waals surface area contributed by atoms with Crippen molar-refractivity contribution in [3.05, 3.63) is 46.7 Å². The smallest absolute Gasteiger partial charge is 0.360 e. The fourth-order valence-corrected chi connectivity index (χ4v) is 2.86. The van der Waals surface area contributed by atoms with E-state index in [-0.39, 0.29) is 17.4 Å². The molecule has 1 amide bonds. The molecule has 2 rings (SSSR count). The lowest BCUT2D eigenvalue weighted by Gasteiger charge is -2.31. The number of hydrogen-bond donors (Lipinski definition) is 2. The maximum absolute atomic E-state index is 12.9. The fraction of sp³-hybridized carbons (Fsp3) is 0.350. The van der Waals surface area contributed by atoms with E-state index in [0.717, 1.165) is 0 Å². The van der Waals surface area contributed by atoms with Gasteiger partial charge < -0.3 is 15.2 Å². The van der Waals surface area contributed by atoms with Crippen LogP contribution in [0.25, 0.3) is 11.5 Å². The Balaban J connectivity index is 2.79. The molecule has 0 atom stereocenters. The van der Waals surface area contributed by atoms with Crippen LogP contribution in [0.2, 0.25) is 0 Å². The Labute approximate surface area is 159 Å². The van der Waals surface area contributed by atoms with Crippen LogP contribution in [-0.4, -0.2) is 40.9 Å². The number of fused-ring (bicyclic) bond motifs is 1. The summed E-state index contributed by atoms with van der Waals surface area (Å²) in [6, 6.07) is 4.99. The molecular weight excluding hydrogens is 346 g/mol. The van der Waals surface area contributed by atoms with Crippen molar-refractivity contribution in [2.24, 2.45) is 5.10 Å². The summed E-state index contributed by atoms with van der Waals surface area (Å²) in [5.74, 6) is -1.31. The predicted molar refractivity (Wildman–Crippen MR) is 105 cm³/mol. The van der Waals surface area contributed by atoms with Crippen LogP contribution >= 0.6 is 0 Å². The highest BCUT2D eigenvalue weighted by Crippen LogP contribution is 2.40. The highest BCUT2D eigenvalue weighted by molar-refractivity contribution is 6.06. The second-order valence-corrected chi connectivity index (χ2v) is 6.98. The summed E-state index contributed by atoms with van der Waals surface area (Å²) in [5, 5.41) is 19.2. The van der Waals surface area contributed by atoms with Crippen molar-refractivity contribution in [2.75, 3.05) is 7.11 Å².